The van der Waals surface area contributed by atoms with Crippen molar-refractivity contribution in [3.8, 4) is 11.5 Å². The standard InChI is InChI=1S/C36H24N8O20S5/c45-27-15-21(67(56,57)58)11-16-12-29(69(62,63)64)31(34(46)30(16)27)41-39-25-10-9-24(22-7-6-20(14-23(22)25)66(53,54)55)38-40-26-8-1-17(13-28(26)68(59,60)61)37-42-32-33(36(48)49)43-44(35(32)47)18-2-4-19(5-3-18)65(50,51)52/h1-15,32,45-46H,(H,48,49)(H,50,51,52)(H,53,54,55)(H,56,57,58)(H,59,60,61)(H,62,63,64)/b40-38+,41-39+,42-37+. The largest absolute Gasteiger partial charge is 0.507 e. The molecule has 1 aliphatic rings. The highest BCUT2D eigenvalue weighted by atomic mass is 32.2. The Bertz CT molecular complexity index is 3960. The molecule has 1 atom stereocenters. The van der Waals surface area contributed by atoms with E-state index in [2.05, 4.69) is 35.8 Å². The van der Waals surface area contributed by atoms with Crippen LogP contribution in [0.25, 0.3) is 21.5 Å². The third kappa shape index (κ3) is 10.2. The van der Waals surface area contributed by atoms with E-state index in [-0.39, 0.29) is 27.8 Å². The van der Waals surface area contributed by atoms with E-state index in [0.29, 0.717) is 29.3 Å². The zero-order valence-electron chi connectivity index (χ0n) is 33.3. The van der Waals surface area contributed by atoms with Crippen LogP contribution in [-0.4, -0.2) is 104 Å². The number of carbonyl (C=O) groups excluding carboxylic acids is 1. The molecule has 7 rings (SSSR count). The Hall–Kier alpha value is -7.60. The summed E-state index contributed by atoms with van der Waals surface area (Å²) in [4.78, 5) is 20.8. The summed E-state index contributed by atoms with van der Waals surface area (Å²) in [6.07, 6.45) is 0. The van der Waals surface area contributed by atoms with Crippen molar-refractivity contribution in [2.75, 3.05) is 5.01 Å². The lowest BCUT2D eigenvalue weighted by Crippen LogP contribution is -2.33. The summed E-state index contributed by atoms with van der Waals surface area (Å²) in [6, 6.07) is 11.3. The molecule has 33 heteroatoms. The average molecular weight is 1050 g/mol. The smallest absolute Gasteiger partial charge is 0.355 e. The van der Waals surface area contributed by atoms with E-state index < -0.39 is 138 Å². The summed E-state index contributed by atoms with van der Waals surface area (Å²) < 4.78 is 169. The van der Waals surface area contributed by atoms with Crippen molar-refractivity contribution < 1.29 is 89.8 Å². The summed E-state index contributed by atoms with van der Waals surface area (Å²) in [6.45, 7) is 0. The van der Waals surface area contributed by atoms with Crippen LogP contribution in [0, 0.1) is 0 Å². The van der Waals surface area contributed by atoms with Gasteiger partial charge in [-0.05, 0) is 84.2 Å². The second-order valence-electron chi connectivity index (χ2n) is 13.9. The zero-order chi connectivity index (χ0) is 50.8. The maximum Gasteiger partial charge on any atom is 0.355 e. The van der Waals surface area contributed by atoms with Gasteiger partial charge in [0.2, 0.25) is 6.04 Å². The molecule has 1 heterocycles. The van der Waals surface area contributed by atoms with Crippen LogP contribution in [0.4, 0.5) is 34.1 Å². The Morgan fingerprint density at radius 1 is 0.551 bits per heavy atom. The van der Waals surface area contributed by atoms with E-state index in [9.17, 15) is 89.8 Å². The number of carboxylic acids is 1. The summed E-state index contributed by atoms with van der Waals surface area (Å²) in [7, 11) is -25.1. The molecule has 358 valence electrons. The van der Waals surface area contributed by atoms with Crippen LogP contribution in [0.15, 0.2) is 151 Å². The molecule has 69 heavy (non-hydrogen) atoms. The zero-order valence-corrected chi connectivity index (χ0v) is 37.4. The van der Waals surface area contributed by atoms with Gasteiger partial charge in [0.15, 0.2) is 11.5 Å². The fourth-order valence-electron chi connectivity index (χ4n) is 6.35. The van der Waals surface area contributed by atoms with Crippen molar-refractivity contribution in [1.29, 1.82) is 0 Å². The number of amides is 1. The molecule has 0 aliphatic carbocycles. The maximum absolute atomic E-state index is 13.2. The topological polar surface area (TPSA) is 456 Å². The Balaban J connectivity index is 1.26. The van der Waals surface area contributed by atoms with Crippen LogP contribution < -0.4 is 5.01 Å². The molecule has 0 aromatic heterocycles. The van der Waals surface area contributed by atoms with Crippen molar-refractivity contribution in [3.63, 3.8) is 0 Å². The summed E-state index contributed by atoms with van der Waals surface area (Å²) in [5, 5.41) is 56.9. The Morgan fingerprint density at radius 3 is 1.68 bits per heavy atom. The van der Waals surface area contributed by atoms with Gasteiger partial charge in [-0.25, -0.2) is 4.79 Å². The fraction of sp³-hybridized carbons (Fsp3) is 0.0278. The first-order chi connectivity index (χ1) is 31.9. The van der Waals surface area contributed by atoms with Crippen molar-refractivity contribution >= 4 is 124 Å². The number of carbonyl (C=O) groups is 2. The van der Waals surface area contributed by atoms with Crippen LogP contribution in [0.5, 0.6) is 11.5 Å². The molecule has 0 radical (unpaired) electrons. The van der Waals surface area contributed by atoms with Crippen LogP contribution in [0.2, 0.25) is 0 Å². The molecular weight excluding hydrogens is 1020 g/mol. The van der Waals surface area contributed by atoms with Crippen LogP contribution in [-0.2, 0) is 60.2 Å². The minimum Gasteiger partial charge on any atom is -0.507 e. The first-order valence-electron chi connectivity index (χ1n) is 18.0. The molecule has 0 bridgehead atoms. The van der Waals surface area contributed by atoms with E-state index in [0.717, 1.165) is 66.7 Å². The number of azo groups is 3. The van der Waals surface area contributed by atoms with Crippen molar-refractivity contribution in [3.05, 3.63) is 91.0 Å². The Morgan fingerprint density at radius 2 is 1.10 bits per heavy atom. The summed E-state index contributed by atoms with van der Waals surface area (Å²) >= 11 is 0. The molecule has 1 amide bonds. The van der Waals surface area contributed by atoms with Gasteiger partial charge in [0, 0.05) is 16.8 Å². The maximum atomic E-state index is 13.2. The Kier molecular flexibility index (Phi) is 12.5. The van der Waals surface area contributed by atoms with Gasteiger partial charge in [-0.1, -0.05) is 6.07 Å². The number of hydrazone groups is 1. The van der Waals surface area contributed by atoms with Gasteiger partial charge in [0.25, 0.3) is 56.5 Å². The number of anilines is 1. The lowest BCUT2D eigenvalue weighted by atomic mass is 10.1. The quantitative estimate of drug-likeness (QED) is 0.0529. The monoisotopic (exact) mass is 1050 g/mol. The minimum absolute atomic E-state index is 0.0879. The van der Waals surface area contributed by atoms with Crippen LogP contribution in [0.3, 0.4) is 0 Å². The first-order valence-corrected chi connectivity index (χ1v) is 25.2. The molecule has 6 aromatic rings. The van der Waals surface area contributed by atoms with E-state index >= 15 is 0 Å². The number of carboxylic acid groups (broad SMARTS) is 1. The van der Waals surface area contributed by atoms with E-state index in [1.807, 2.05) is 0 Å². The van der Waals surface area contributed by atoms with Crippen LogP contribution >= 0.6 is 0 Å². The van der Waals surface area contributed by atoms with Gasteiger partial charge in [0.1, 0.15) is 26.9 Å². The van der Waals surface area contributed by atoms with Gasteiger partial charge < -0.3 is 15.3 Å². The summed E-state index contributed by atoms with van der Waals surface area (Å²) in [5.41, 5.74) is -3.60. The van der Waals surface area contributed by atoms with Crippen LogP contribution in [0.1, 0.15) is 0 Å². The van der Waals surface area contributed by atoms with Gasteiger partial charge in [-0.15, -0.1) is 20.5 Å². The molecule has 1 unspecified atom stereocenters. The number of phenols is 2. The predicted octanol–water partition coefficient (Wildman–Crippen LogP) is 5.41. The van der Waals surface area contributed by atoms with Crippen molar-refractivity contribution in [2.45, 2.75) is 30.5 Å². The van der Waals surface area contributed by atoms with Gasteiger partial charge >= 0.3 is 5.97 Å². The molecule has 28 nitrogen and oxygen atoms in total. The SMILES string of the molecule is O=C(O)C1=NN(c2ccc(S(=O)(=O)O)cc2)C(=O)C1/N=N/c1ccc(/N=N/c2ccc(/N=N/c3c(S(=O)(=O)O)cc4cc(S(=O)(=O)O)cc(O)c4c3O)c3cc(S(=O)(=O)O)ccc23)c(S(=O)(=O)O)c1. The molecule has 0 saturated heterocycles. The number of rotatable bonds is 13. The number of phenolic OH excluding ortho intramolecular Hbond substituents is 2. The van der Waals surface area contributed by atoms with Crippen molar-refractivity contribution in [1.82, 2.24) is 0 Å². The second-order valence-corrected chi connectivity index (χ2v) is 20.9. The number of aliphatic carboxylic acids is 1. The molecule has 0 fully saturated rings. The highest BCUT2D eigenvalue weighted by molar-refractivity contribution is 7.87. The highest BCUT2D eigenvalue weighted by Gasteiger charge is 2.41. The number of aromatic hydroxyl groups is 2. The minimum atomic E-state index is -5.35. The van der Waals surface area contributed by atoms with Gasteiger partial charge in [-0.3, -0.25) is 27.6 Å². The number of hydrogen-bond donors (Lipinski definition) is 8. The molecule has 0 saturated carbocycles. The second kappa shape index (κ2) is 17.5. The molecule has 1 aliphatic heterocycles. The molecule has 8 N–H and O–H groups in total. The third-order valence-electron chi connectivity index (χ3n) is 9.46. The number of fused-ring (bicyclic) bond motifs is 2. The summed E-state index contributed by atoms with van der Waals surface area (Å²) in [5.74, 6) is -5.02. The number of hydrogen-bond acceptors (Lipinski definition) is 21. The number of nitrogens with zero attached hydrogens (tertiary/aromatic N) is 8. The molecular formula is C36H24N8O20S5. The fourth-order valence-corrected chi connectivity index (χ4v) is 9.18. The highest BCUT2D eigenvalue weighted by Crippen LogP contribution is 2.46. The normalized spacial score (nSPS) is 15.3. The van der Waals surface area contributed by atoms with Crippen molar-refractivity contribution in [2.24, 2.45) is 35.8 Å². The first kappa shape index (κ1) is 49.3. The lowest BCUT2D eigenvalue weighted by Gasteiger charge is -2.12. The van der Waals surface area contributed by atoms with E-state index in [1.165, 1.54) is 0 Å². The lowest BCUT2D eigenvalue weighted by molar-refractivity contribution is -0.130. The molecule has 0 spiro atoms. The van der Waals surface area contributed by atoms with Gasteiger partial charge in [0.05, 0.1) is 42.8 Å². The van der Waals surface area contributed by atoms with E-state index in [1.54, 1.807) is 0 Å². The molecule has 6 aromatic carbocycles. The predicted molar refractivity (Wildman–Crippen MR) is 232 cm³/mol. The average Bonchev–Trinajstić information content (AvgIpc) is 3.58. The van der Waals surface area contributed by atoms with E-state index in [4.69, 9.17) is 0 Å². The Labute approximate surface area is 385 Å². The van der Waals surface area contributed by atoms with Gasteiger partial charge in [-0.2, -0.15) is 62.4 Å². The third-order valence-corrected chi connectivity index (χ3v) is 13.8. The number of benzene rings is 6.